The van der Waals surface area contributed by atoms with Gasteiger partial charge in [0.25, 0.3) is 0 Å². The molecule has 0 aliphatic carbocycles. The summed E-state index contributed by atoms with van der Waals surface area (Å²) in [6, 6.07) is 7.79. The van der Waals surface area contributed by atoms with E-state index >= 15 is 0 Å². The first-order valence-corrected chi connectivity index (χ1v) is 9.57. The summed E-state index contributed by atoms with van der Waals surface area (Å²) >= 11 is 0. The number of rotatable bonds is 2. The van der Waals surface area contributed by atoms with Crippen molar-refractivity contribution < 1.29 is 27.0 Å². The van der Waals surface area contributed by atoms with Gasteiger partial charge in [-0.25, -0.2) is 27.1 Å². The Labute approximate surface area is 137 Å². The van der Waals surface area contributed by atoms with Gasteiger partial charge in [-0.15, -0.1) is 0 Å². The Morgan fingerprint density at radius 3 is 1.88 bits per heavy atom. The van der Waals surface area contributed by atoms with Crippen molar-refractivity contribution in [3.8, 4) is 11.5 Å². The first kappa shape index (κ1) is 16.5. The first-order chi connectivity index (χ1) is 11.0. The summed E-state index contributed by atoms with van der Waals surface area (Å²) in [6.45, 7) is 0. The molecule has 3 aromatic rings. The van der Waals surface area contributed by atoms with Gasteiger partial charge in [-0.2, -0.15) is 0 Å². The molecule has 0 amide bonds. The Morgan fingerprint density at radius 1 is 0.750 bits per heavy atom. The zero-order valence-electron chi connectivity index (χ0n) is 12.0. The fourth-order valence-corrected chi connectivity index (χ4v) is 4.52. The molecule has 10 heteroatoms. The Balaban J connectivity index is 2.86. The number of nitrogens with two attached hydrogens (primary N) is 2. The minimum absolute atomic E-state index is 0.0144. The highest BCUT2D eigenvalue weighted by Crippen LogP contribution is 2.45. The molecule has 0 heterocycles. The lowest BCUT2D eigenvalue weighted by Gasteiger charge is -2.15. The average molecular weight is 368 g/mol. The highest BCUT2D eigenvalue weighted by Gasteiger charge is 2.27. The van der Waals surface area contributed by atoms with Crippen LogP contribution in [0.25, 0.3) is 21.5 Å². The lowest BCUT2D eigenvalue weighted by Crippen LogP contribution is -2.17. The van der Waals surface area contributed by atoms with Gasteiger partial charge in [0.2, 0.25) is 20.0 Å². The first-order valence-electron chi connectivity index (χ1n) is 6.48. The normalized spacial score (nSPS) is 12.8. The van der Waals surface area contributed by atoms with E-state index < -0.39 is 46.7 Å². The quantitative estimate of drug-likeness (QED) is 0.487. The van der Waals surface area contributed by atoms with Crippen LogP contribution in [-0.2, 0) is 20.0 Å². The molecule has 0 radical (unpaired) electrons. The molecule has 0 aliphatic heterocycles. The average Bonchev–Trinajstić information content (AvgIpc) is 2.44. The lowest BCUT2D eigenvalue weighted by molar-refractivity contribution is 0.466. The monoisotopic (exact) mass is 368 g/mol. The smallest absolute Gasteiger partial charge is 0.239 e. The summed E-state index contributed by atoms with van der Waals surface area (Å²) < 4.78 is 48.0. The molecule has 8 nitrogen and oxygen atoms in total. The number of aromatic hydroxyl groups is 2. The summed E-state index contributed by atoms with van der Waals surface area (Å²) in [7, 11) is -8.77. The second-order valence-electron chi connectivity index (χ2n) is 5.15. The van der Waals surface area contributed by atoms with E-state index in [1.165, 1.54) is 18.2 Å². The predicted octanol–water partition coefficient (Wildman–Crippen LogP) is 0.699. The molecule has 0 spiro atoms. The van der Waals surface area contributed by atoms with Crippen molar-refractivity contribution in [2.24, 2.45) is 10.3 Å². The van der Waals surface area contributed by atoms with Crippen LogP contribution in [-0.4, -0.2) is 27.0 Å². The number of phenolic OH excluding ortho intramolecular Hbond substituents is 2. The van der Waals surface area contributed by atoms with Crippen LogP contribution in [0, 0.1) is 0 Å². The molecule has 3 aromatic carbocycles. The molecule has 6 N–H and O–H groups in total. The number of hydrogen-bond donors (Lipinski definition) is 4. The van der Waals surface area contributed by atoms with Crippen molar-refractivity contribution in [3.63, 3.8) is 0 Å². The Bertz CT molecular complexity index is 1220. The third-order valence-electron chi connectivity index (χ3n) is 3.63. The predicted molar refractivity (Wildman–Crippen MR) is 87.5 cm³/mol. The highest BCUT2D eigenvalue weighted by atomic mass is 32.2. The van der Waals surface area contributed by atoms with Gasteiger partial charge in [0, 0.05) is 16.2 Å². The molecule has 0 fully saturated rings. The van der Waals surface area contributed by atoms with Crippen LogP contribution in [0.4, 0.5) is 0 Å². The lowest BCUT2D eigenvalue weighted by atomic mass is 10.0. The van der Waals surface area contributed by atoms with Gasteiger partial charge >= 0.3 is 0 Å². The van der Waals surface area contributed by atoms with Gasteiger partial charge in [0.15, 0.2) is 0 Å². The fourth-order valence-electron chi connectivity index (χ4n) is 2.73. The van der Waals surface area contributed by atoms with E-state index in [2.05, 4.69) is 0 Å². The molecule has 0 unspecified atom stereocenters. The van der Waals surface area contributed by atoms with Crippen molar-refractivity contribution >= 4 is 41.6 Å². The molecule has 0 saturated heterocycles. The summed E-state index contributed by atoms with van der Waals surface area (Å²) in [6.07, 6.45) is 0. The van der Waals surface area contributed by atoms with Crippen molar-refractivity contribution in [1.82, 2.24) is 0 Å². The Hall–Kier alpha value is -2.40. The number of primary sulfonamides is 2. The Kier molecular flexibility index (Phi) is 3.46. The van der Waals surface area contributed by atoms with Gasteiger partial charge in [-0.1, -0.05) is 24.3 Å². The van der Waals surface area contributed by atoms with Crippen molar-refractivity contribution in [2.75, 3.05) is 0 Å². The largest absolute Gasteiger partial charge is 0.507 e. The van der Waals surface area contributed by atoms with Crippen molar-refractivity contribution in [2.45, 2.75) is 9.79 Å². The maximum Gasteiger partial charge on any atom is 0.239 e. The second kappa shape index (κ2) is 5.05. The van der Waals surface area contributed by atoms with Crippen molar-refractivity contribution in [3.05, 3.63) is 36.4 Å². The Morgan fingerprint density at radius 2 is 1.33 bits per heavy atom. The van der Waals surface area contributed by atoms with Crippen LogP contribution in [0.5, 0.6) is 11.5 Å². The van der Waals surface area contributed by atoms with E-state index in [4.69, 9.17) is 10.3 Å². The highest BCUT2D eigenvalue weighted by molar-refractivity contribution is 7.90. The van der Waals surface area contributed by atoms with Crippen LogP contribution < -0.4 is 10.3 Å². The molecule has 3 rings (SSSR count). The number of fused-ring (bicyclic) bond motifs is 2. The van der Waals surface area contributed by atoms with Gasteiger partial charge in [-0.05, 0) is 12.1 Å². The van der Waals surface area contributed by atoms with Crippen LogP contribution in [0.3, 0.4) is 0 Å². The minimum Gasteiger partial charge on any atom is -0.507 e. The number of sulfonamides is 2. The van der Waals surface area contributed by atoms with Gasteiger partial charge in [0.05, 0.1) is 15.2 Å². The van der Waals surface area contributed by atoms with E-state index in [-0.39, 0.29) is 16.2 Å². The van der Waals surface area contributed by atoms with E-state index in [1.54, 1.807) is 6.07 Å². The minimum atomic E-state index is -4.41. The van der Waals surface area contributed by atoms with Crippen molar-refractivity contribution in [1.29, 1.82) is 0 Å². The van der Waals surface area contributed by atoms with E-state index in [9.17, 15) is 27.0 Å². The summed E-state index contributed by atoms with van der Waals surface area (Å²) in [4.78, 5) is -1.11. The maximum absolute atomic E-state index is 12.1. The van der Waals surface area contributed by atoms with E-state index in [0.29, 0.717) is 0 Å². The molecule has 24 heavy (non-hydrogen) atoms. The molecular formula is C14H12N2O6S2. The molecule has 126 valence electrons. The van der Waals surface area contributed by atoms with Crippen LogP contribution in [0.2, 0.25) is 0 Å². The molecule has 0 aliphatic rings. The zero-order valence-corrected chi connectivity index (χ0v) is 13.6. The standard InChI is InChI=1S/C14H12N2O6S2/c15-23(19,20)10-6-5-9(17)11-12(10)14(24(16,21)22)8-4-2-1-3-7(8)13(11)18/h1-6,17-18H,(H2,15,19,20)(H2,16,21,22). The van der Waals surface area contributed by atoms with Gasteiger partial charge < -0.3 is 10.2 Å². The van der Waals surface area contributed by atoms with Crippen LogP contribution >= 0.6 is 0 Å². The zero-order chi connectivity index (χ0) is 17.9. The molecule has 0 aromatic heterocycles. The van der Waals surface area contributed by atoms with Crippen LogP contribution in [0.1, 0.15) is 0 Å². The number of phenols is 2. The maximum atomic E-state index is 12.1. The molecule has 0 bridgehead atoms. The third kappa shape index (κ3) is 2.36. The molecule has 0 saturated carbocycles. The summed E-state index contributed by atoms with van der Waals surface area (Å²) in [5, 5.41) is 30.2. The van der Waals surface area contributed by atoms with E-state index in [0.717, 1.165) is 12.1 Å². The summed E-state index contributed by atoms with van der Waals surface area (Å²) in [5.74, 6) is -0.985. The summed E-state index contributed by atoms with van der Waals surface area (Å²) in [5.41, 5.74) is 0. The number of hydrogen-bond acceptors (Lipinski definition) is 6. The molecular weight excluding hydrogens is 356 g/mol. The third-order valence-corrected chi connectivity index (χ3v) is 5.57. The van der Waals surface area contributed by atoms with Gasteiger partial charge in [-0.3, -0.25) is 0 Å². The second-order valence-corrected chi connectivity index (χ2v) is 8.17. The topological polar surface area (TPSA) is 161 Å². The molecule has 0 atom stereocenters. The van der Waals surface area contributed by atoms with E-state index in [1.807, 2.05) is 0 Å². The van der Waals surface area contributed by atoms with Gasteiger partial charge in [0.1, 0.15) is 11.5 Å². The fraction of sp³-hybridized carbons (Fsp3) is 0. The SMILES string of the molecule is NS(=O)(=O)c1ccc(O)c2c(O)c3ccccc3c(S(N)(=O)=O)c12. The number of benzene rings is 3. The van der Waals surface area contributed by atoms with Crippen LogP contribution in [0.15, 0.2) is 46.2 Å².